The molecule has 1 saturated heterocycles. The Hall–Kier alpha value is -0.580. The summed E-state index contributed by atoms with van der Waals surface area (Å²) in [6, 6.07) is 5.85. The molecule has 0 bridgehead atoms. The summed E-state index contributed by atoms with van der Waals surface area (Å²) in [5, 5.41) is 19.0. The highest BCUT2D eigenvalue weighted by Gasteiger charge is 2.25. The van der Waals surface area contributed by atoms with Crippen LogP contribution in [-0.4, -0.2) is 29.4 Å². The van der Waals surface area contributed by atoms with E-state index in [-0.39, 0.29) is 12.7 Å². The molecular formula is C13H18BrNO2. The molecule has 0 amide bonds. The quantitative estimate of drug-likeness (QED) is 0.879. The Labute approximate surface area is 110 Å². The summed E-state index contributed by atoms with van der Waals surface area (Å²) in [7, 11) is 0. The van der Waals surface area contributed by atoms with E-state index in [4.69, 9.17) is 5.11 Å². The van der Waals surface area contributed by atoms with Crippen LogP contribution < -0.4 is 4.90 Å². The zero-order chi connectivity index (χ0) is 12.4. The van der Waals surface area contributed by atoms with Gasteiger partial charge in [0.1, 0.15) is 0 Å². The molecular weight excluding hydrogens is 282 g/mol. The molecule has 17 heavy (non-hydrogen) atoms. The molecule has 94 valence electrons. The lowest BCUT2D eigenvalue weighted by Gasteiger charge is -2.36. The summed E-state index contributed by atoms with van der Waals surface area (Å²) >= 11 is 3.52. The van der Waals surface area contributed by atoms with Crippen molar-refractivity contribution in [1.82, 2.24) is 0 Å². The maximum absolute atomic E-state index is 9.90. The van der Waals surface area contributed by atoms with E-state index in [1.807, 2.05) is 18.2 Å². The topological polar surface area (TPSA) is 43.7 Å². The van der Waals surface area contributed by atoms with Crippen LogP contribution in [-0.2, 0) is 6.61 Å². The van der Waals surface area contributed by atoms with Gasteiger partial charge in [0.15, 0.2) is 0 Å². The molecule has 1 aromatic carbocycles. The zero-order valence-corrected chi connectivity index (χ0v) is 11.5. The number of β-amino-alcohol motifs (C(OH)–C–C–N with tert-alkyl or cyclic N) is 1. The van der Waals surface area contributed by atoms with Crippen molar-refractivity contribution in [2.24, 2.45) is 5.92 Å². The minimum atomic E-state index is -0.256. The molecule has 1 fully saturated rings. The maximum atomic E-state index is 9.90. The molecule has 0 saturated carbocycles. The zero-order valence-electron chi connectivity index (χ0n) is 9.93. The van der Waals surface area contributed by atoms with E-state index in [0.29, 0.717) is 12.5 Å². The lowest BCUT2D eigenvalue weighted by atomic mass is 9.95. The monoisotopic (exact) mass is 299 g/mol. The van der Waals surface area contributed by atoms with E-state index < -0.39 is 0 Å². The Balaban J connectivity index is 2.17. The Kier molecular flexibility index (Phi) is 4.07. The van der Waals surface area contributed by atoms with Gasteiger partial charge in [0.2, 0.25) is 0 Å². The summed E-state index contributed by atoms with van der Waals surface area (Å²) < 4.78 is 0.978. The van der Waals surface area contributed by atoms with E-state index in [2.05, 4.69) is 27.8 Å². The summed E-state index contributed by atoms with van der Waals surface area (Å²) in [6.45, 7) is 3.79. The van der Waals surface area contributed by atoms with Gasteiger partial charge in [0.25, 0.3) is 0 Å². The number of halogens is 1. The fourth-order valence-corrected chi connectivity index (χ4v) is 2.85. The number of benzene rings is 1. The summed E-state index contributed by atoms with van der Waals surface area (Å²) in [6.07, 6.45) is 0.753. The van der Waals surface area contributed by atoms with Crippen LogP contribution in [0.1, 0.15) is 18.9 Å². The van der Waals surface area contributed by atoms with E-state index in [1.165, 1.54) is 0 Å². The second-order valence-electron chi connectivity index (χ2n) is 4.72. The van der Waals surface area contributed by atoms with Gasteiger partial charge in [-0.1, -0.05) is 13.0 Å². The van der Waals surface area contributed by atoms with Crippen LogP contribution in [0.25, 0.3) is 0 Å². The maximum Gasteiger partial charge on any atom is 0.0741 e. The molecule has 2 atom stereocenters. The molecule has 2 unspecified atom stereocenters. The molecule has 3 nitrogen and oxygen atoms in total. The first kappa shape index (κ1) is 12.9. The van der Waals surface area contributed by atoms with E-state index in [9.17, 15) is 5.11 Å². The van der Waals surface area contributed by atoms with Gasteiger partial charge in [0.05, 0.1) is 18.4 Å². The molecule has 0 radical (unpaired) electrons. The van der Waals surface area contributed by atoms with Crippen LogP contribution in [0.5, 0.6) is 0 Å². The molecule has 0 aliphatic carbocycles. The van der Waals surface area contributed by atoms with E-state index in [0.717, 1.165) is 28.7 Å². The smallest absolute Gasteiger partial charge is 0.0741 e. The highest BCUT2D eigenvalue weighted by Crippen LogP contribution is 2.30. The van der Waals surface area contributed by atoms with Crippen molar-refractivity contribution in [3.05, 3.63) is 28.2 Å². The van der Waals surface area contributed by atoms with E-state index >= 15 is 0 Å². The van der Waals surface area contributed by atoms with Gasteiger partial charge in [-0.05, 0) is 46.0 Å². The molecule has 2 N–H and O–H groups in total. The number of aliphatic hydroxyl groups excluding tert-OH is 2. The predicted molar refractivity (Wildman–Crippen MR) is 72.1 cm³/mol. The minimum Gasteiger partial charge on any atom is -0.392 e. The highest BCUT2D eigenvalue weighted by atomic mass is 79.9. The van der Waals surface area contributed by atoms with Gasteiger partial charge >= 0.3 is 0 Å². The highest BCUT2D eigenvalue weighted by molar-refractivity contribution is 9.10. The third kappa shape index (κ3) is 2.81. The first-order chi connectivity index (χ1) is 8.11. The fraction of sp³-hybridized carbons (Fsp3) is 0.538. The van der Waals surface area contributed by atoms with Gasteiger partial charge in [-0.3, -0.25) is 0 Å². The van der Waals surface area contributed by atoms with Crippen LogP contribution >= 0.6 is 15.9 Å². The molecule has 1 heterocycles. The number of hydrogen-bond acceptors (Lipinski definition) is 3. The molecule has 0 aromatic heterocycles. The first-order valence-electron chi connectivity index (χ1n) is 5.94. The van der Waals surface area contributed by atoms with Gasteiger partial charge in [-0.2, -0.15) is 0 Å². The Morgan fingerprint density at radius 3 is 2.82 bits per heavy atom. The van der Waals surface area contributed by atoms with Gasteiger partial charge < -0.3 is 15.1 Å². The molecule has 1 aliphatic heterocycles. The second kappa shape index (κ2) is 5.38. The summed E-state index contributed by atoms with van der Waals surface area (Å²) in [5.41, 5.74) is 1.99. The molecule has 1 aliphatic rings. The van der Waals surface area contributed by atoms with Crippen molar-refractivity contribution < 1.29 is 10.2 Å². The standard InChI is InChI=1S/C13H18BrNO2/c1-9-4-5-15(7-13(9)17)12-3-2-10(8-16)6-11(12)14/h2-3,6,9,13,16-17H,4-5,7-8H2,1H3. The van der Waals surface area contributed by atoms with Crippen LogP contribution in [0.2, 0.25) is 0 Å². The lowest BCUT2D eigenvalue weighted by Crippen LogP contribution is -2.43. The average molecular weight is 300 g/mol. The van der Waals surface area contributed by atoms with Crippen molar-refractivity contribution in [2.75, 3.05) is 18.0 Å². The van der Waals surface area contributed by atoms with Crippen LogP contribution in [0.4, 0.5) is 5.69 Å². The van der Waals surface area contributed by atoms with Crippen LogP contribution in [0, 0.1) is 5.92 Å². The number of hydrogen-bond donors (Lipinski definition) is 2. The lowest BCUT2D eigenvalue weighted by molar-refractivity contribution is 0.103. The number of anilines is 1. The molecule has 4 heteroatoms. The normalized spacial score (nSPS) is 25.1. The van der Waals surface area contributed by atoms with Gasteiger partial charge in [-0.25, -0.2) is 0 Å². The summed E-state index contributed by atoms with van der Waals surface area (Å²) in [4.78, 5) is 2.19. The largest absolute Gasteiger partial charge is 0.392 e. The number of aliphatic hydroxyl groups is 2. The van der Waals surface area contributed by atoms with Crippen molar-refractivity contribution in [2.45, 2.75) is 26.1 Å². The first-order valence-corrected chi connectivity index (χ1v) is 6.73. The fourth-order valence-electron chi connectivity index (χ4n) is 2.17. The van der Waals surface area contributed by atoms with Crippen LogP contribution in [0.15, 0.2) is 22.7 Å². The summed E-state index contributed by atoms with van der Waals surface area (Å²) in [5.74, 6) is 0.377. The third-order valence-corrected chi connectivity index (χ3v) is 4.09. The average Bonchev–Trinajstić information content (AvgIpc) is 2.32. The molecule has 0 spiro atoms. The minimum absolute atomic E-state index is 0.0541. The molecule has 1 aromatic rings. The number of piperidine rings is 1. The van der Waals surface area contributed by atoms with Crippen molar-refractivity contribution >= 4 is 21.6 Å². The number of nitrogens with zero attached hydrogens (tertiary/aromatic N) is 1. The van der Waals surface area contributed by atoms with Crippen molar-refractivity contribution in [3.8, 4) is 0 Å². The third-order valence-electron chi connectivity index (χ3n) is 3.45. The van der Waals surface area contributed by atoms with Crippen molar-refractivity contribution in [1.29, 1.82) is 0 Å². The molecule has 2 rings (SSSR count). The Morgan fingerprint density at radius 2 is 2.24 bits per heavy atom. The van der Waals surface area contributed by atoms with E-state index in [1.54, 1.807) is 0 Å². The van der Waals surface area contributed by atoms with Gasteiger partial charge in [0, 0.05) is 17.6 Å². The SMILES string of the molecule is CC1CCN(c2ccc(CO)cc2Br)CC1O. The van der Waals surface area contributed by atoms with Gasteiger partial charge in [-0.15, -0.1) is 0 Å². The Morgan fingerprint density at radius 1 is 1.47 bits per heavy atom. The Bertz CT molecular complexity index is 397. The second-order valence-corrected chi connectivity index (χ2v) is 5.58. The van der Waals surface area contributed by atoms with Crippen LogP contribution in [0.3, 0.4) is 0 Å². The van der Waals surface area contributed by atoms with Crippen molar-refractivity contribution in [3.63, 3.8) is 0 Å². The number of rotatable bonds is 2. The predicted octanol–water partition coefficient (Wildman–Crippen LogP) is 2.15.